The molecule has 0 unspecified atom stereocenters. The van der Waals surface area contributed by atoms with Gasteiger partial charge in [-0.05, 0) is 56.2 Å². The van der Waals surface area contributed by atoms with Gasteiger partial charge in [-0.15, -0.1) is 0 Å². The predicted molar refractivity (Wildman–Crippen MR) is 156 cm³/mol. The van der Waals surface area contributed by atoms with Crippen LogP contribution in [0.1, 0.15) is 56.3 Å². The van der Waals surface area contributed by atoms with Gasteiger partial charge in [0.15, 0.2) is 5.75 Å². The Hall–Kier alpha value is -3.15. The normalized spacial score (nSPS) is 20.9. The highest BCUT2D eigenvalue weighted by atomic mass is 32.2. The van der Waals surface area contributed by atoms with E-state index in [-0.39, 0.29) is 59.6 Å². The minimum absolute atomic E-state index is 0.00455. The van der Waals surface area contributed by atoms with Crippen LogP contribution in [0.3, 0.4) is 0 Å². The number of para-hydroxylation sites is 1. The Morgan fingerprint density at radius 1 is 1.17 bits per heavy atom. The van der Waals surface area contributed by atoms with E-state index in [1.165, 1.54) is 30.6 Å². The number of nitrogens with one attached hydrogen (secondary N) is 1. The lowest BCUT2D eigenvalue weighted by molar-refractivity contribution is -0.120. The van der Waals surface area contributed by atoms with E-state index in [2.05, 4.69) is 5.32 Å². The first-order valence-corrected chi connectivity index (χ1v) is 15.6. The number of methoxy groups -OCH3 is 1. The van der Waals surface area contributed by atoms with Crippen molar-refractivity contribution in [3.8, 4) is 11.5 Å². The van der Waals surface area contributed by atoms with Crippen molar-refractivity contribution >= 4 is 27.5 Å². The van der Waals surface area contributed by atoms with Crippen LogP contribution >= 0.6 is 0 Å². The lowest BCUT2D eigenvalue weighted by atomic mass is 9.88. The third-order valence-electron chi connectivity index (χ3n) is 8.13. The number of hydrogen-bond donors (Lipinski definition) is 2. The van der Waals surface area contributed by atoms with Crippen LogP contribution < -0.4 is 14.8 Å². The highest BCUT2D eigenvalue weighted by molar-refractivity contribution is 7.89. The number of fused-ring (bicyclic) bond motifs is 1. The van der Waals surface area contributed by atoms with E-state index in [0.29, 0.717) is 11.4 Å². The Morgan fingerprint density at radius 2 is 1.85 bits per heavy atom. The van der Waals surface area contributed by atoms with E-state index in [4.69, 9.17) is 9.47 Å². The molecule has 2 aromatic carbocycles. The van der Waals surface area contributed by atoms with Crippen molar-refractivity contribution in [2.45, 2.75) is 63.0 Å². The van der Waals surface area contributed by atoms with Gasteiger partial charge in [-0.1, -0.05) is 32.3 Å². The van der Waals surface area contributed by atoms with E-state index in [1.807, 2.05) is 6.92 Å². The fourth-order valence-corrected chi connectivity index (χ4v) is 6.62. The van der Waals surface area contributed by atoms with Crippen molar-refractivity contribution in [3.05, 3.63) is 48.0 Å². The molecule has 1 aliphatic heterocycles. The maximum atomic E-state index is 13.7. The fraction of sp³-hybridized carbons (Fsp3) is 0.533. The van der Waals surface area contributed by atoms with Crippen LogP contribution in [0.25, 0.3) is 0 Å². The molecule has 1 saturated carbocycles. The van der Waals surface area contributed by atoms with E-state index < -0.39 is 22.2 Å². The van der Waals surface area contributed by atoms with Gasteiger partial charge < -0.3 is 24.8 Å². The smallest absolute Gasteiger partial charge is 0.258 e. The molecule has 0 saturated heterocycles. The van der Waals surface area contributed by atoms with Crippen molar-refractivity contribution in [2.24, 2.45) is 11.8 Å². The summed E-state index contributed by atoms with van der Waals surface area (Å²) in [7, 11) is -0.863. The molecular weight excluding hydrogens is 546 g/mol. The number of nitrogens with zero attached hydrogens (tertiary/aromatic N) is 2. The molecular formula is C30H41N3O7S. The molecule has 0 radical (unpaired) electrons. The number of anilines is 1. The second-order valence-electron chi connectivity index (χ2n) is 11.1. The molecule has 0 spiro atoms. The lowest BCUT2D eigenvalue weighted by Gasteiger charge is -2.38. The number of rotatable bonds is 9. The topological polar surface area (TPSA) is 125 Å². The van der Waals surface area contributed by atoms with E-state index in [0.717, 1.165) is 32.1 Å². The number of carbonyl (C=O) groups is 2. The summed E-state index contributed by atoms with van der Waals surface area (Å²) < 4.78 is 39.8. The van der Waals surface area contributed by atoms with Crippen LogP contribution in [-0.4, -0.2) is 80.5 Å². The van der Waals surface area contributed by atoms with E-state index in [1.54, 1.807) is 42.2 Å². The average Bonchev–Trinajstić information content (AvgIpc) is 2.99. The summed E-state index contributed by atoms with van der Waals surface area (Å²) in [6.45, 7) is 3.66. The predicted octanol–water partition coefficient (Wildman–Crippen LogP) is 3.75. The molecule has 0 aromatic heterocycles. The summed E-state index contributed by atoms with van der Waals surface area (Å²) in [5.41, 5.74) is 0.632. The summed E-state index contributed by atoms with van der Waals surface area (Å²) in [5, 5.41) is 12.9. The van der Waals surface area contributed by atoms with Gasteiger partial charge in [0.05, 0.1) is 42.4 Å². The highest BCUT2D eigenvalue weighted by Gasteiger charge is 2.36. The maximum Gasteiger partial charge on any atom is 0.258 e. The quantitative estimate of drug-likeness (QED) is 0.458. The van der Waals surface area contributed by atoms with Crippen molar-refractivity contribution in [2.75, 3.05) is 39.2 Å². The summed E-state index contributed by atoms with van der Waals surface area (Å²) in [6.07, 6.45) is 4.09. The van der Waals surface area contributed by atoms with Gasteiger partial charge in [0.1, 0.15) is 11.9 Å². The van der Waals surface area contributed by atoms with Crippen molar-refractivity contribution in [1.82, 2.24) is 9.21 Å². The van der Waals surface area contributed by atoms with Crippen molar-refractivity contribution < 1.29 is 32.6 Å². The van der Waals surface area contributed by atoms with Gasteiger partial charge in [0.25, 0.3) is 5.91 Å². The summed E-state index contributed by atoms with van der Waals surface area (Å²) in [5.74, 6) is -0.0863. The zero-order chi connectivity index (χ0) is 29.7. The molecule has 11 heteroatoms. The number of ether oxygens (including phenoxy) is 2. The SMILES string of the molecule is COc1ccc(S(=O)(=O)N(C)C[C@@H]2Oc3c(NC(=O)C4CCCCC4)cccc3C(=O)N([C@H](C)CO)C[C@H]2C)cc1. The molecule has 1 aliphatic carbocycles. The number of aliphatic hydroxyl groups excluding tert-OH is 1. The van der Waals surface area contributed by atoms with Crippen LogP contribution in [0.15, 0.2) is 47.4 Å². The second-order valence-corrected chi connectivity index (χ2v) is 13.1. The number of aliphatic hydroxyl groups is 1. The largest absolute Gasteiger partial charge is 0.497 e. The molecule has 2 amide bonds. The number of sulfonamides is 1. The van der Waals surface area contributed by atoms with Crippen molar-refractivity contribution in [3.63, 3.8) is 0 Å². The molecule has 2 aliphatic rings. The van der Waals surface area contributed by atoms with Crippen molar-refractivity contribution in [1.29, 1.82) is 0 Å². The Labute approximate surface area is 242 Å². The lowest BCUT2D eigenvalue weighted by Crippen LogP contribution is -2.50. The van der Waals surface area contributed by atoms with Crippen LogP contribution in [0, 0.1) is 11.8 Å². The first-order valence-electron chi connectivity index (χ1n) is 14.2. The zero-order valence-electron chi connectivity index (χ0n) is 24.2. The minimum Gasteiger partial charge on any atom is -0.497 e. The minimum atomic E-state index is -3.87. The number of benzene rings is 2. The number of likely N-dealkylation sites (N-methyl/N-ethyl adjacent to an activating group) is 1. The fourth-order valence-electron chi connectivity index (χ4n) is 5.44. The van der Waals surface area contributed by atoms with Crippen LogP contribution in [0.4, 0.5) is 5.69 Å². The Balaban J connectivity index is 1.68. The maximum absolute atomic E-state index is 13.7. The standard InChI is InChI=1S/C30H41N3O7S/c1-20-17-33(21(2)19-34)30(36)25-11-8-12-26(31-29(35)22-9-6-5-7-10-22)28(25)40-27(20)18-32(3)41(37,38)24-15-13-23(39-4)14-16-24/h8,11-16,20-22,27,34H,5-7,9-10,17-19H2,1-4H3,(H,31,35)/t20-,21-,27+/m1/s1. The molecule has 4 rings (SSSR count). The number of amides is 2. The van der Waals surface area contributed by atoms with E-state index >= 15 is 0 Å². The van der Waals surface area contributed by atoms with Gasteiger partial charge in [-0.25, -0.2) is 8.42 Å². The summed E-state index contributed by atoms with van der Waals surface area (Å²) in [6, 6.07) is 10.7. The average molecular weight is 588 g/mol. The van der Waals surface area contributed by atoms with Gasteiger partial charge in [0, 0.05) is 25.4 Å². The van der Waals surface area contributed by atoms with Crippen LogP contribution in [0.2, 0.25) is 0 Å². The highest BCUT2D eigenvalue weighted by Crippen LogP contribution is 2.36. The first kappa shape index (κ1) is 30.8. The molecule has 0 bridgehead atoms. The monoisotopic (exact) mass is 587 g/mol. The summed E-state index contributed by atoms with van der Waals surface area (Å²) in [4.78, 5) is 28.6. The molecule has 224 valence electrons. The third-order valence-corrected chi connectivity index (χ3v) is 9.97. The molecule has 1 heterocycles. The van der Waals surface area contributed by atoms with Crippen LogP contribution in [-0.2, 0) is 14.8 Å². The van der Waals surface area contributed by atoms with Gasteiger partial charge in [0.2, 0.25) is 15.9 Å². The Bertz CT molecular complexity index is 1330. The Morgan fingerprint density at radius 3 is 2.49 bits per heavy atom. The number of carbonyl (C=O) groups excluding carboxylic acids is 2. The van der Waals surface area contributed by atoms with Crippen LogP contribution in [0.5, 0.6) is 11.5 Å². The third kappa shape index (κ3) is 6.85. The van der Waals surface area contributed by atoms with Gasteiger partial charge in [-0.2, -0.15) is 4.31 Å². The Kier molecular flexibility index (Phi) is 9.93. The summed E-state index contributed by atoms with van der Waals surface area (Å²) >= 11 is 0. The molecule has 41 heavy (non-hydrogen) atoms. The molecule has 2 N–H and O–H groups in total. The molecule has 3 atom stereocenters. The molecule has 2 aromatic rings. The first-order chi connectivity index (χ1) is 19.6. The number of hydrogen-bond acceptors (Lipinski definition) is 7. The van der Waals surface area contributed by atoms with E-state index in [9.17, 15) is 23.1 Å². The molecule has 1 fully saturated rings. The second kappa shape index (κ2) is 13.2. The zero-order valence-corrected chi connectivity index (χ0v) is 25.0. The van der Waals surface area contributed by atoms with Gasteiger partial charge in [-0.3, -0.25) is 9.59 Å². The molecule has 10 nitrogen and oxygen atoms in total. The van der Waals surface area contributed by atoms with Gasteiger partial charge >= 0.3 is 0 Å².